The minimum Gasteiger partial charge on any atom is -0.347 e. The third-order valence-electron chi connectivity index (χ3n) is 3.52. The van der Waals surface area contributed by atoms with Crippen molar-refractivity contribution in [1.29, 1.82) is 0 Å². The van der Waals surface area contributed by atoms with Crippen molar-refractivity contribution in [2.24, 2.45) is 5.92 Å². The fraction of sp³-hybridized carbons (Fsp3) is 0.846. The molecule has 0 amide bonds. The third-order valence-corrected chi connectivity index (χ3v) is 4.33. The van der Waals surface area contributed by atoms with Crippen LogP contribution in [-0.2, 0) is 6.42 Å². The molecule has 1 aromatic heterocycles. The number of anilines is 1. The summed E-state index contributed by atoms with van der Waals surface area (Å²) in [5.41, 5.74) is 0. The highest BCUT2D eigenvalue weighted by Gasteiger charge is 2.21. The Hall–Kier alpha value is -0.680. The lowest BCUT2D eigenvalue weighted by molar-refractivity contribution is 0.383. The summed E-state index contributed by atoms with van der Waals surface area (Å²) >= 11 is 1.55. The molecule has 0 atom stereocenters. The number of hydrogen-bond donors (Lipinski definition) is 1. The van der Waals surface area contributed by atoms with Crippen molar-refractivity contribution < 1.29 is 0 Å². The SMILES string of the molecule is CCCNCC1CCN(c2nc(CC)ns2)CC1. The summed E-state index contributed by atoms with van der Waals surface area (Å²) in [4.78, 5) is 6.97. The highest BCUT2D eigenvalue weighted by molar-refractivity contribution is 7.09. The van der Waals surface area contributed by atoms with Crippen LogP contribution in [0.4, 0.5) is 5.13 Å². The molecule has 0 saturated carbocycles. The Balaban J connectivity index is 1.75. The molecular formula is C13H24N4S. The molecule has 0 aliphatic carbocycles. The molecule has 18 heavy (non-hydrogen) atoms. The minimum atomic E-state index is 0.839. The molecule has 5 heteroatoms. The first-order valence-electron chi connectivity index (χ1n) is 7.11. The Kier molecular flexibility index (Phi) is 5.38. The second-order valence-electron chi connectivity index (χ2n) is 4.98. The van der Waals surface area contributed by atoms with Crippen molar-refractivity contribution in [3.05, 3.63) is 5.82 Å². The van der Waals surface area contributed by atoms with Gasteiger partial charge in [0.1, 0.15) is 5.82 Å². The second-order valence-corrected chi connectivity index (χ2v) is 5.71. The van der Waals surface area contributed by atoms with Crippen LogP contribution in [0.3, 0.4) is 0 Å². The molecule has 4 nitrogen and oxygen atoms in total. The maximum atomic E-state index is 4.57. The zero-order valence-electron chi connectivity index (χ0n) is 11.5. The number of rotatable bonds is 6. The Labute approximate surface area is 114 Å². The molecule has 0 radical (unpaired) electrons. The van der Waals surface area contributed by atoms with Crippen LogP contribution in [-0.4, -0.2) is 35.5 Å². The lowest BCUT2D eigenvalue weighted by Gasteiger charge is -2.31. The van der Waals surface area contributed by atoms with Gasteiger partial charge in [0.25, 0.3) is 0 Å². The summed E-state index contributed by atoms with van der Waals surface area (Å²) < 4.78 is 4.37. The molecule has 2 rings (SSSR count). The van der Waals surface area contributed by atoms with Gasteiger partial charge in [0, 0.05) is 31.0 Å². The predicted octanol–water partition coefficient (Wildman–Crippen LogP) is 2.32. The molecule has 1 fully saturated rings. The van der Waals surface area contributed by atoms with Crippen LogP contribution in [0.15, 0.2) is 0 Å². The van der Waals surface area contributed by atoms with E-state index in [1.165, 1.54) is 25.8 Å². The molecule has 0 aromatic carbocycles. The maximum Gasteiger partial charge on any atom is 0.205 e. The van der Waals surface area contributed by atoms with Crippen molar-refractivity contribution in [2.45, 2.75) is 39.5 Å². The first kappa shape index (κ1) is 13.7. The summed E-state index contributed by atoms with van der Waals surface area (Å²) in [6.07, 6.45) is 4.72. The Bertz CT molecular complexity index is 345. The largest absolute Gasteiger partial charge is 0.347 e. The minimum absolute atomic E-state index is 0.839. The van der Waals surface area contributed by atoms with Gasteiger partial charge in [0.15, 0.2) is 0 Å². The van der Waals surface area contributed by atoms with Crippen LogP contribution in [0.5, 0.6) is 0 Å². The van der Waals surface area contributed by atoms with Gasteiger partial charge in [0.05, 0.1) is 0 Å². The van der Waals surface area contributed by atoms with E-state index in [0.29, 0.717) is 0 Å². The van der Waals surface area contributed by atoms with Gasteiger partial charge in [0.2, 0.25) is 5.13 Å². The maximum absolute atomic E-state index is 4.57. The van der Waals surface area contributed by atoms with Gasteiger partial charge in [-0.25, -0.2) is 4.98 Å². The fourth-order valence-corrected chi connectivity index (χ4v) is 3.13. The van der Waals surface area contributed by atoms with Gasteiger partial charge in [-0.1, -0.05) is 13.8 Å². The quantitative estimate of drug-likeness (QED) is 0.804. The number of nitrogens with zero attached hydrogens (tertiary/aromatic N) is 3. The number of piperidine rings is 1. The van der Waals surface area contributed by atoms with E-state index < -0.39 is 0 Å². The van der Waals surface area contributed by atoms with Crippen LogP contribution in [0.25, 0.3) is 0 Å². The van der Waals surface area contributed by atoms with Crippen molar-refractivity contribution in [2.75, 3.05) is 31.1 Å². The molecule has 0 unspecified atom stereocenters. The average molecular weight is 268 g/mol. The Morgan fingerprint density at radius 1 is 1.33 bits per heavy atom. The van der Waals surface area contributed by atoms with Gasteiger partial charge >= 0.3 is 0 Å². The zero-order chi connectivity index (χ0) is 12.8. The van der Waals surface area contributed by atoms with Crippen LogP contribution < -0.4 is 10.2 Å². The highest BCUT2D eigenvalue weighted by atomic mass is 32.1. The van der Waals surface area contributed by atoms with Crippen LogP contribution >= 0.6 is 11.5 Å². The van der Waals surface area contributed by atoms with Gasteiger partial charge in [-0.05, 0) is 38.3 Å². The zero-order valence-corrected chi connectivity index (χ0v) is 12.3. The molecule has 1 aromatic rings. The first-order valence-corrected chi connectivity index (χ1v) is 7.89. The van der Waals surface area contributed by atoms with Crippen molar-refractivity contribution in [1.82, 2.24) is 14.7 Å². The van der Waals surface area contributed by atoms with Crippen molar-refractivity contribution >= 4 is 16.7 Å². The third kappa shape index (κ3) is 3.65. The number of hydrogen-bond acceptors (Lipinski definition) is 5. The number of aromatic nitrogens is 2. The molecule has 1 aliphatic rings. The topological polar surface area (TPSA) is 41.0 Å². The smallest absolute Gasteiger partial charge is 0.205 e. The van der Waals surface area contributed by atoms with E-state index in [9.17, 15) is 0 Å². The second kappa shape index (κ2) is 7.04. The molecule has 2 heterocycles. The van der Waals surface area contributed by atoms with Crippen LogP contribution in [0, 0.1) is 5.92 Å². The molecule has 0 bridgehead atoms. The average Bonchev–Trinajstić information content (AvgIpc) is 2.89. The van der Waals surface area contributed by atoms with Gasteiger partial charge in [-0.2, -0.15) is 4.37 Å². The van der Waals surface area contributed by atoms with Crippen LogP contribution in [0.1, 0.15) is 38.9 Å². The summed E-state index contributed by atoms with van der Waals surface area (Å²) in [5, 5.41) is 4.65. The van der Waals surface area contributed by atoms with Gasteiger partial charge in [-0.3, -0.25) is 0 Å². The lowest BCUT2D eigenvalue weighted by atomic mass is 9.97. The molecule has 1 saturated heterocycles. The Morgan fingerprint density at radius 2 is 2.11 bits per heavy atom. The van der Waals surface area contributed by atoms with Gasteiger partial charge < -0.3 is 10.2 Å². The molecule has 1 N–H and O–H groups in total. The van der Waals surface area contributed by atoms with Crippen LogP contribution in [0.2, 0.25) is 0 Å². The summed E-state index contributed by atoms with van der Waals surface area (Å²) in [6, 6.07) is 0. The lowest BCUT2D eigenvalue weighted by Crippen LogP contribution is -2.37. The number of aryl methyl sites for hydroxylation is 1. The summed E-state index contributed by atoms with van der Waals surface area (Å²) in [7, 11) is 0. The van der Waals surface area contributed by atoms with Crippen molar-refractivity contribution in [3.8, 4) is 0 Å². The first-order chi connectivity index (χ1) is 8.83. The molecule has 102 valence electrons. The molecular weight excluding hydrogens is 244 g/mol. The van der Waals surface area contributed by atoms with E-state index in [1.807, 2.05) is 0 Å². The summed E-state index contributed by atoms with van der Waals surface area (Å²) in [6.45, 7) is 8.93. The number of nitrogens with one attached hydrogen (secondary N) is 1. The fourth-order valence-electron chi connectivity index (χ4n) is 2.33. The molecule has 1 aliphatic heterocycles. The van der Waals surface area contributed by atoms with E-state index >= 15 is 0 Å². The van der Waals surface area contributed by atoms with E-state index in [1.54, 1.807) is 11.5 Å². The van der Waals surface area contributed by atoms with E-state index in [-0.39, 0.29) is 0 Å². The monoisotopic (exact) mass is 268 g/mol. The Morgan fingerprint density at radius 3 is 2.72 bits per heavy atom. The summed E-state index contributed by atoms with van der Waals surface area (Å²) in [5.74, 6) is 1.83. The normalized spacial score (nSPS) is 17.3. The highest BCUT2D eigenvalue weighted by Crippen LogP contribution is 2.24. The van der Waals surface area contributed by atoms with Crippen molar-refractivity contribution in [3.63, 3.8) is 0 Å². The van der Waals surface area contributed by atoms with E-state index in [2.05, 4.69) is 33.4 Å². The van der Waals surface area contributed by atoms with Gasteiger partial charge in [-0.15, -0.1) is 0 Å². The molecule has 0 spiro atoms. The van der Waals surface area contributed by atoms with E-state index in [0.717, 1.165) is 42.9 Å². The standard InChI is InChI=1S/C13H24N4S/c1-3-7-14-10-11-5-8-17(9-6-11)13-15-12(4-2)16-18-13/h11,14H,3-10H2,1-2H3. The van der Waals surface area contributed by atoms with E-state index in [4.69, 9.17) is 0 Å². The predicted molar refractivity (Wildman–Crippen MR) is 77.4 cm³/mol.